The van der Waals surface area contributed by atoms with Gasteiger partial charge in [0.15, 0.2) is 0 Å². The van der Waals surface area contributed by atoms with Crippen LogP contribution in [0.25, 0.3) is 0 Å². The standard InChI is InChI=1S/C17H23NO3/c1-3-18(14(2)13-20)17(21)16-10-7-9-15(12-16)8-5-4-6-11-19/h7,9-10,12,14,19-20H,3-4,6,11,13H2,1-2H3. The first kappa shape index (κ1) is 17.2. The van der Waals surface area contributed by atoms with E-state index in [-0.39, 0.29) is 25.2 Å². The minimum Gasteiger partial charge on any atom is -0.396 e. The van der Waals surface area contributed by atoms with Crippen LogP contribution in [0.5, 0.6) is 0 Å². The van der Waals surface area contributed by atoms with Gasteiger partial charge in [-0.15, -0.1) is 0 Å². The number of carbonyl (C=O) groups is 1. The molecule has 1 rings (SSSR count). The van der Waals surface area contributed by atoms with Gasteiger partial charge in [0.1, 0.15) is 0 Å². The molecule has 0 spiro atoms. The lowest BCUT2D eigenvalue weighted by molar-refractivity contribution is 0.0632. The molecule has 21 heavy (non-hydrogen) atoms. The molecule has 0 aliphatic carbocycles. The zero-order chi connectivity index (χ0) is 15.7. The topological polar surface area (TPSA) is 60.8 Å². The molecule has 1 aromatic rings. The molecule has 0 fully saturated rings. The van der Waals surface area contributed by atoms with Crippen LogP contribution in [0.4, 0.5) is 0 Å². The van der Waals surface area contributed by atoms with Gasteiger partial charge < -0.3 is 15.1 Å². The maximum Gasteiger partial charge on any atom is 0.254 e. The van der Waals surface area contributed by atoms with Crippen molar-refractivity contribution < 1.29 is 15.0 Å². The summed E-state index contributed by atoms with van der Waals surface area (Å²) in [7, 11) is 0. The average Bonchev–Trinajstić information content (AvgIpc) is 2.52. The first-order valence-corrected chi connectivity index (χ1v) is 7.25. The SMILES string of the molecule is CCN(C(=O)c1cccc(C#CCCCO)c1)C(C)CO. The third-order valence-electron chi connectivity index (χ3n) is 3.20. The number of carbonyl (C=O) groups excluding carboxylic acids is 1. The number of rotatable bonds is 6. The van der Waals surface area contributed by atoms with Crippen LogP contribution in [0.1, 0.15) is 42.6 Å². The second-order valence-corrected chi connectivity index (χ2v) is 4.83. The Morgan fingerprint density at radius 2 is 2.14 bits per heavy atom. The van der Waals surface area contributed by atoms with Crippen molar-refractivity contribution in [3.8, 4) is 11.8 Å². The molecule has 0 radical (unpaired) electrons. The van der Waals surface area contributed by atoms with E-state index in [0.29, 0.717) is 24.9 Å². The number of aliphatic hydroxyl groups is 2. The highest BCUT2D eigenvalue weighted by Gasteiger charge is 2.19. The summed E-state index contributed by atoms with van der Waals surface area (Å²) < 4.78 is 0. The molecule has 1 aromatic carbocycles. The lowest BCUT2D eigenvalue weighted by atomic mass is 10.1. The smallest absolute Gasteiger partial charge is 0.254 e. The predicted molar refractivity (Wildman–Crippen MR) is 82.9 cm³/mol. The maximum absolute atomic E-state index is 12.4. The van der Waals surface area contributed by atoms with Crippen molar-refractivity contribution in [1.82, 2.24) is 4.90 Å². The summed E-state index contributed by atoms with van der Waals surface area (Å²) >= 11 is 0. The molecule has 4 nitrogen and oxygen atoms in total. The van der Waals surface area contributed by atoms with Gasteiger partial charge in [-0.3, -0.25) is 4.79 Å². The minimum absolute atomic E-state index is 0.0553. The van der Waals surface area contributed by atoms with Crippen LogP contribution in [0.2, 0.25) is 0 Å². The molecule has 114 valence electrons. The van der Waals surface area contributed by atoms with E-state index in [1.165, 1.54) is 0 Å². The van der Waals surface area contributed by atoms with Crippen molar-refractivity contribution in [1.29, 1.82) is 0 Å². The number of unbranched alkanes of at least 4 members (excludes halogenated alkanes) is 1. The molecule has 4 heteroatoms. The fourth-order valence-corrected chi connectivity index (χ4v) is 1.98. The number of nitrogens with zero attached hydrogens (tertiary/aromatic N) is 1. The summed E-state index contributed by atoms with van der Waals surface area (Å²) in [5.41, 5.74) is 1.36. The van der Waals surface area contributed by atoms with Gasteiger partial charge in [-0.05, 0) is 38.5 Å². The zero-order valence-corrected chi connectivity index (χ0v) is 12.7. The van der Waals surface area contributed by atoms with E-state index in [2.05, 4.69) is 11.8 Å². The summed E-state index contributed by atoms with van der Waals surface area (Å²) in [5.74, 6) is 5.87. The van der Waals surface area contributed by atoms with Crippen LogP contribution in [0.15, 0.2) is 24.3 Å². The number of benzene rings is 1. The monoisotopic (exact) mass is 289 g/mol. The molecule has 0 aliphatic rings. The van der Waals surface area contributed by atoms with Crippen LogP contribution in [0.3, 0.4) is 0 Å². The van der Waals surface area contributed by atoms with Crippen LogP contribution in [0, 0.1) is 11.8 Å². The van der Waals surface area contributed by atoms with Crippen molar-refractivity contribution in [2.45, 2.75) is 32.7 Å². The fraction of sp³-hybridized carbons (Fsp3) is 0.471. The third-order valence-corrected chi connectivity index (χ3v) is 3.20. The Hall–Kier alpha value is -1.83. The zero-order valence-electron chi connectivity index (χ0n) is 12.7. The maximum atomic E-state index is 12.4. The average molecular weight is 289 g/mol. The summed E-state index contributed by atoms with van der Waals surface area (Å²) in [5, 5.41) is 17.9. The normalized spacial score (nSPS) is 11.4. The van der Waals surface area contributed by atoms with Gasteiger partial charge in [0.05, 0.1) is 12.6 Å². The summed E-state index contributed by atoms with van der Waals surface area (Å²) in [6, 6.07) is 6.98. The number of aliphatic hydroxyl groups excluding tert-OH is 2. The highest BCUT2D eigenvalue weighted by Crippen LogP contribution is 2.10. The van der Waals surface area contributed by atoms with Gasteiger partial charge in [-0.1, -0.05) is 17.9 Å². The van der Waals surface area contributed by atoms with E-state index in [1.807, 2.05) is 19.9 Å². The van der Waals surface area contributed by atoms with Crippen LogP contribution in [-0.4, -0.2) is 46.8 Å². The Kier molecular flexibility index (Phi) is 7.52. The molecule has 0 bridgehead atoms. The van der Waals surface area contributed by atoms with E-state index in [1.54, 1.807) is 23.1 Å². The van der Waals surface area contributed by atoms with Crippen molar-refractivity contribution in [3.05, 3.63) is 35.4 Å². The predicted octanol–water partition coefficient (Wildman–Crippen LogP) is 1.65. The first-order chi connectivity index (χ1) is 10.1. The highest BCUT2D eigenvalue weighted by molar-refractivity contribution is 5.94. The van der Waals surface area contributed by atoms with Crippen LogP contribution in [-0.2, 0) is 0 Å². The molecule has 0 aliphatic heterocycles. The molecule has 2 N–H and O–H groups in total. The van der Waals surface area contributed by atoms with E-state index >= 15 is 0 Å². The summed E-state index contributed by atoms with van der Waals surface area (Å²) in [4.78, 5) is 14.1. The molecule has 0 saturated heterocycles. The Labute approximate surface area is 126 Å². The molecule has 0 heterocycles. The highest BCUT2D eigenvalue weighted by atomic mass is 16.3. The van der Waals surface area contributed by atoms with Crippen LogP contribution < -0.4 is 0 Å². The summed E-state index contributed by atoms with van der Waals surface area (Å²) in [6.07, 6.45) is 1.29. The van der Waals surface area contributed by atoms with E-state index in [9.17, 15) is 9.90 Å². The Balaban J connectivity index is 2.87. The van der Waals surface area contributed by atoms with E-state index < -0.39 is 0 Å². The quantitative estimate of drug-likeness (QED) is 0.618. The fourth-order valence-electron chi connectivity index (χ4n) is 1.98. The molecule has 1 amide bonds. The Bertz CT molecular complexity index is 516. The first-order valence-electron chi connectivity index (χ1n) is 7.25. The van der Waals surface area contributed by atoms with Crippen molar-refractivity contribution >= 4 is 5.91 Å². The van der Waals surface area contributed by atoms with E-state index in [0.717, 1.165) is 5.56 Å². The molecule has 1 atom stereocenters. The second kappa shape index (κ2) is 9.17. The van der Waals surface area contributed by atoms with Crippen LogP contribution >= 0.6 is 0 Å². The molecular formula is C17H23NO3. The largest absolute Gasteiger partial charge is 0.396 e. The number of likely N-dealkylation sites (N-methyl/N-ethyl adjacent to an activating group) is 1. The molecule has 0 aromatic heterocycles. The van der Waals surface area contributed by atoms with E-state index in [4.69, 9.17) is 5.11 Å². The molecule has 1 unspecified atom stereocenters. The van der Waals surface area contributed by atoms with Crippen molar-refractivity contribution in [3.63, 3.8) is 0 Å². The van der Waals surface area contributed by atoms with Gasteiger partial charge in [-0.25, -0.2) is 0 Å². The Morgan fingerprint density at radius 1 is 1.38 bits per heavy atom. The summed E-state index contributed by atoms with van der Waals surface area (Å²) in [6.45, 7) is 4.34. The second-order valence-electron chi connectivity index (χ2n) is 4.83. The van der Waals surface area contributed by atoms with Gasteiger partial charge in [0.2, 0.25) is 0 Å². The Morgan fingerprint density at radius 3 is 2.76 bits per heavy atom. The van der Waals surface area contributed by atoms with Gasteiger partial charge >= 0.3 is 0 Å². The van der Waals surface area contributed by atoms with Gasteiger partial charge in [0.25, 0.3) is 5.91 Å². The lowest BCUT2D eigenvalue weighted by Gasteiger charge is -2.26. The van der Waals surface area contributed by atoms with Crippen molar-refractivity contribution in [2.24, 2.45) is 0 Å². The minimum atomic E-state index is -0.207. The number of amides is 1. The van der Waals surface area contributed by atoms with Crippen molar-refractivity contribution in [2.75, 3.05) is 19.8 Å². The number of hydrogen-bond acceptors (Lipinski definition) is 3. The van der Waals surface area contributed by atoms with Gasteiger partial charge in [0, 0.05) is 30.7 Å². The third kappa shape index (κ3) is 5.22. The number of hydrogen-bond donors (Lipinski definition) is 2. The molecule has 0 saturated carbocycles. The lowest BCUT2D eigenvalue weighted by Crippen LogP contribution is -2.40. The van der Waals surface area contributed by atoms with Gasteiger partial charge in [-0.2, -0.15) is 0 Å². The molecular weight excluding hydrogens is 266 g/mol.